The van der Waals surface area contributed by atoms with E-state index >= 15 is 0 Å². The van der Waals surface area contributed by atoms with Crippen molar-refractivity contribution in [3.05, 3.63) is 58.6 Å². The van der Waals surface area contributed by atoms with Gasteiger partial charge < -0.3 is 10.6 Å². The lowest BCUT2D eigenvalue weighted by atomic mass is 10.0. The number of fused-ring (bicyclic) bond motifs is 1. The van der Waals surface area contributed by atoms with Crippen molar-refractivity contribution >= 4 is 40.9 Å². The summed E-state index contributed by atoms with van der Waals surface area (Å²) < 4.78 is 0. The highest BCUT2D eigenvalue weighted by Gasteiger charge is 2.19. The smallest absolute Gasteiger partial charge is 0.251 e. The van der Waals surface area contributed by atoms with Crippen molar-refractivity contribution in [1.29, 1.82) is 0 Å². The Bertz CT molecular complexity index is 777. The van der Waals surface area contributed by atoms with E-state index in [1.165, 1.54) is 11.8 Å². The second kappa shape index (κ2) is 7.28. The van der Waals surface area contributed by atoms with Gasteiger partial charge in [0.15, 0.2) is 0 Å². The number of hydrogen-bond donors (Lipinski definition) is 2. The molecule has 1 aliphatic heterocycles. The van der Waals surface area contributed by atoms with Crippen molar-refractivity contribution in [3.63, 3.8) is 0 Å². The number of amides is 2. The molecule has 124 valence electrons. The Morgan fingerprint density at radius 2 is 2.04 bits per heavy atom. The van der Waals surface area contributed by atoms with Gasteiger partial charge in [-0.05, 0) is 42.3 Å². The van der Waals surface area contributed by atoms with E-state index in [0.29, 0.717) is 22.0 Å². The summed E-state index contributed by atoms with van der Waals surface area (Å²) in [4.78, 5) is 25.0. The number of halogens is 1. The molecule has 0 saturated heterocycles. The average molecular weight is 361 g/mol. The van der Waals surface area contributed by atoms with Crippen LogP contribution in [-0.4, -0.2) is 17.6 Å². The van der Waals surface area contributed by atoms with Crippen LogP contribution in [0, 0.1) is 0 Å². The van der Waals surface area contributed by atoms with Gasteiger partial charge in [0.25, 0.3) is 5.91 Å². The molecule has 0 aliphatic carbocycles. The van der Waals surface area contributed by atoms with Crippen molar-refractivity contribution in [2.24, 2.45) is 0 Å². The summed E-state index contributed by atoms with van der Waals surface area (Å²) in [5.41, 5.74) is 2.24. The van der Waals surface area contributed by atoms with Crippen molar-refractivity contribution in [1.82, 2.24) is 5.32 Å². The molecular formula is C18H17ClN2O2S. The van der Waals surface area contributed by atoms with Gasteiger partial charge in [-0.25, -0.2) is 0 Å². The molecule has 1 aliphatic rings. The number of benzene rings is 2. The predicted octanol–water partition coefficient (Wildman–Crippen LogP) is 4.27. The maximum absolute atomic E-state index is 12.6. The monoisotopic (exact) mass is 360 g/mol. The summed E-state index contributed by atoms with van der Waals surface area (Å²) >= 11 is 7.39. The van der Waals surface area contributed by atoms with E-state index in [2.05, 4.69) is 10.6 Å². The lowest BCUT2D eigenvalue weighted by molar-refractivity contribution is -0.113. The third-order valence-corrected chi connectivity index (χ3v) is 5.19. The molecule has 0 aromatic heterocycles. The van der Waals surface area contributed by atoms with Gasteiger partial charge in [-0.1, -0.05) is 30.7 Å². The predicted molar refractivity (Wildman–Crippen MR) is 97.7 cm³/mol. The first kappa shape index (κ1) is 16.9. The lowest BCUT2D eigenvalue weighted by Crippen LogP contribution is -2.28. The van der Waals surface area contributed by atoms with Crippen LogP contribution in [0.3, 0.4) is 0 Å². The summed E-state index contributed by atoms with van der Waals surface area (Å²) in [5.74, 6) is 0.203. The third kappa shape index (κ3) is 3.74. The number of hydrogen-bond acceptors (Lipinski definition) is 3. The maximum atomic E-state index is 12.6. The fourth-order valence-electron chi connectivity index (χ4n) is 2.58. The standard InChI is InChI=1S/C18H17ClN2O2S/c1-2-14(11-3-6-13(19)7-4-11)21-18(23)12-5-8-16-15(9-12)20-17(22)10-24-16/h3-9,14H,2,10H2,1H3,(H,20,22)(H,21,23). The second-order valence-electron chi connectivity index (χ2n) is 5.53. The molecule has 0 bridgehead atoms. The molecule has 0 fully saturated rings. The first-order chi connectivity index (χ1) is 11.6. The first-order valence-electron chi connectivity index (χ1n) is 7.70. The molecule has 0 saturated carbocycles. The van der Waals surface area contributed by atoms with Crippen LogP contribution in [0.4, 0.5) is 5.69 Å². The van der Waals surface area contributed by atoms with Gasteiger partial charge in [-0.3, -0.25) is 9.59 Å². The molecule has 4 nitrogen and oxygen atoms in total. The minimum Gasteiger partial charge on any atom is -0.345 e. The summed E-state index contributed by atoms with van der Waals surface area (Å²) in [6.07, 6.45) is 0.769. The van der Waals surface area contributed by atoms with E-state index in [-0.39, 0.29) is 17.9 Å². The van der Waals surface area contributed by atoms with Gasteiger partial charge in [0.2, 0.25) is 5.91 Å². The Hall–Kier alpha value is -1.98. The molecule has 2 aromatic carbocycles. The first-order valence-corrected chi connectivity index (χ1v) is 9.06. The zero-order chi connectivity index (χ0) is 17.1. The highest BCUT2D eigenvalue weighted by Crippen LogP contribution is 2.32. The number of anilines is 1. The lowest BCUT2D eigenvalue weighted by Gasteiger charge is -2.20. The van der Waals surface area contributed by atoms with E-state index in [9.17, 15) is 9.59 Å². The topological polar surface area (TPSA) is 58.2 Å². The van der Waals surface area contributed by atoms with E-state index in [1.807, 2.05) is 37.3 Å². The van der Waals surface area contributed by atoms with E-state index in [1.54, 1.807) is 12.1 Å². The average Bonchev–Trinajstić information content (AvgIpc) is 2.59. The molecule has 0 spiro atoms. The third-order valence-electron chi connectivity index (χ3n) is 3.86. The molecular weight excluding hydrogens is 344 g/mol. The largest absolute Gasteiger partial charge is 0.345 e. The van der Waals surface area contributed by atoms with Gasteiger partial charge in [-0.2, -0.15) is 0 Å². The Morgan fingerprint density at radius 3 is 2.75 bits per heavy atom. The summed E-state index contributed by atoms with van der Waals surface area (Å²) in [6.45, 7) is 2.02. The molecule has 3 rings (SSSR count). The van der Waals surface area contributed by atoms with Crippen LogP contribution in [0.1, 0.15) is 35.3 Å². The number of thioether (sulfide) groups is 1. The highest BCUT2D eigenvalue weighted by molar-refractivity contribution is 8.00. The number of nitrogens with one attached hydrogen (secondary N) is 2. The minimum atomic E-state index is -0.163. The Labute approximate surface area is 150 Å². The molecule has 2 N–H and O–H groups in total. The van der Waals surface area contributed by atoms with E-state index in [4.69, 9.17) is 11.6 Å². The quantitative estimate of drug-likeness (QED) is 0.856. The highest BCUT2D eigenvalue weighted by atomic mass is 35.5. The van der Waals surface area contributed by atoms with Crippen LogP contribution in [0.5, 0.6) is 0 Å². The number of carbonyl (C=O) groups excluding carboxylic acids is 2. The fourth-order valence-corrected chi connectivity index (χ4v) is 3.50. The summed E-state index contributed by atoms with van der Waals surface area (Å²) in [5, 5.41) is 6.51. The van der Waals surface area contributed by atoms with Crippen LogP contribution >= 0.6 is 23.4 Å². The van der Waals surface area contributed by atoms with E-state index in [0.717, 1.165) is 16.9 Å². The van der Waals surface area contributed by atoms with Gasteiger partial charge in [0, 0.05) is 15.5 Å². The van der Waals surface area contributed by atoms with Crippen LogP contribution in [0.2, 0.25) is 5.02 Å². The Kier molecular flexibility index (Phi) is 5.11. The molecule has 0 radical (unpaired) electrons. The van der Waals surface area contributed by atoms with Crippen LogP contribution in [0.25, 0.3) is 0 Å². The Morgan fingerprint density at radius 1 is 1.29 bits per heavy atom. The molecule has 1 heterocycles. The number of rotatable bonds is 4. The van der Waals surface area contributed by atoms with Gasteiger partial charge in [0.1, 0.15) is 0 Å². The second-order valence-corrected chi connectivity index (χ2v) is 6.99. The summed E-state index contributed by atoms with van der Waals surface area (Å²) in [6, 6.07) is 12.8. The van der Waals surface area contributed by atoms with Crippen molar-refractivity contribution in [3.8, 4) is 0 Å². The molecule has 24 heavy (non-hydrogen) atoms. The van der Waals surface area contributed by atoms with E-state index < -0.39 is 0 Å². The maximum Gasteiger partial charge on any atom is 0.251 e. The molecule has 1 atom stereocenters. The molecule has 2 amide bonds. The summed E-state index contributed by atoms with van der Waals surface area (Å²) in [7, 11) is 0. The molecule has 1 unspecified atom stereocenters. The van der Waals surface area contributed by atoms with Crippen molar-refractivity contribution in [2.45, 2.75) is 24.3 Å². The van der Waals surface area contributed by atoms with Gasteiger partial charge >= 0.3 is 0 Å². The SMILES string of the molecule is CCC(NC(=O)c1ccc2c(c1)NC(=O)CS2)c1ccc(Cl)cc1. The van der Waals surface area contributed by atoms with Crippen molar-refractivity contribution < 1.29 is 9.59 Å². The molecule has 6 heteroatoms. The normalized spacial score (nSPS) is 14.5. The fraction of sp³-hybridized carbons (Fsp3) is 0.222. The zero-order valence-electron chi connectivity index (χ0n) is 13.1. The minimum absolute atomic E-state index is 0.0438. The van der Waals surface area contributed by atoms with Gasteiger partial charge in [0.05, 0.1) is 17.5 Å². The van der Waals surface area contributed by atoms with Crippen molar-refractivity contribution in [2.75, 3.05) is 11.1 Å². The molecule has 2 aromatic rings. The Balaban J connectivity index is 1.77. The van der Waals surface area contributed by atoms with Crippen LogP contribution in [0.15, 0.2) is 47.4 Å². The van der Waals surface area contributed by atoms with Gasteiger partial charge in [-0.15, -0.1) is 11.8 Å². The number of carbonyl (C=O) groups is 2. The zero-order valence-corrected chi connectivity index (χ0v) is 14.7. The van der Waals surface area contributed by atoms with Crippen LogP contribution in [-0.2, 0) is 4.79 Å². The van der Waals surface area contributed by atoms with Crippen LogP contribution < -0.4 is 10.6 Å².